The molecule has 3 atom stereocenters. The van der Waals surface area contributed by atoms with E-state index in [2.05, 4.69) is 0 Å². The van der Waals surface area contributed by atoms with Gasteiger partial charge in [0, 0.05) is 25.0 Å². The Bertz CT molecular complexity index is 469. The minimum absolute atomic E-state index is 0.0543. The molecule has 2 amide bonds. The Kier molecular flexibility index (Phi) is 6.03. The van der Waals surface area contributed by atoms with Gasteiger partial charge in [0.05, 0.1) is 6.54 Å². The highest BCUT2D eigenvalue weighted by atomic mass is 32.2. The van der Waals surface area contributed by atoms with Gasteiger partial charge in [-0.05, 0) is 6.92 Å². The number of likely N-dealkylation sites (tertiary alicyclic amines) is 1. The summed E-state index contributed by atoms with van der Waals surface area (Å²) in [7, 11) is 0. The zero-order valence-electron chi connectivity index (χ0n) is 12.4. The summed E-state index contributed by atoms with van der Waals surface area (Å²) in [5, 5.41) is 8.89. The summed E-state index contributed by atoms with van der Waals surface area (Å²) < 4.78 is 38.4. The first-order valence-electron chi connectivity index (χ1n) is 6.95. The van der Waals surface area contributed by atoms with Gasteiger partial charge in [-0.3, -0.25) is 4.79 Å². The van der Waals surface area contributed by atoms with E-state index >= 15 is 0 Å². The minimum atomic E-state index is -4.87. The maximum Gasteiger partial charge on any atom is 0.521 e. The van der Waals surface area contributed by atoms with Crippen LogP contribution < -0.4 is 0 Å². The lowest BCUT2D eigenvalue weighted by atomic mass is 10.1. The number of imide groups is 1. The van der Waals surface area contributed by atoms with Crippen molar-refractivity contribution in [1.29, 1.82) is 0 Å². The normalized spacial score (nSPS) is 26.7. The maximum absolute atomic E-state index is 13.2. The SMILES string of the molecule is CCC(=O)SCC(C(=O)[N+]1(C(=O)O)CCC[C@H]1C)C(F)(F)F. The van der Waals surface area contributed by atoms with E-state index in [1.54, 1.807) is 0 Å². The number of thioether (sulfide) groups is 1. The van der Waals surface area contributed by atoms with Crippen LogP contribution in [0.1, 0.15) is 33.1 Å². The molecule has 0 aromatic rings. The smallest absolute Gasteiger partial charge is 0.435 e. The van der Waals surface area contributed by atoms with Gasteiger partial charge in [-0.25, -0.2) is 4.79 Å². The maximum atomic E-state index is 13.2. The van der Waals surface area contributed by atoms with Gasteiger partial charge in [0.2, 0.25) is 0 Å². The Balaban J connectivity index is 3.10. The van der Waals surface area contributed by atoms with E-state index < -0.39 is 45.5 Å². The monoisotopic (exact) mass is 342 g/mol. The van der Waals surface area contributed by atoms with Gasteiger partial charge in [-0.15, -0.1) is 0 Å². The van der Waals surface area contributed by atoms with Crippen molar-refractivity contribution in [3.63, 3.8) is 0 Å². The Morgan fingerprint density at radius 2 is 1.95 bits per heavy atom. The lowest BCUT2D eigenvalue weighted by molar-refractivity contribution is -0.794. The number of halogens is 3. The number of carboxylic acid groups (broad SMARTS) is 1. The fraction of sp³-hybridized carbons (Fsp3) is 0.769. The van der Waals surface area contributed by atoms with Crippen molar-refractivity contribution in [2.45, 2.75) is 45.3 Å². The summed E-state index contributed by atoms with van der Waals surface area (Å²) >= 11 is 0.427. The topological polar surface area (TPSA) is 71.4 Å². The molecule has 126 valence electrons. The van der Waals surface area contributed by atoms with Crippen LogP contribution in [0.15, 0.2) is 0 Å². The fourth-order valence-electron chi connectivity index (χ4n) is 2.64. The molecule has 0 radical (unpaired) electrons. The van der Waals surface area contributed by atoms with Gasteiger partial charge in [0.15, 0.2) is 11.0 Å². The summed E-state index contributed by atoms with van der Waals surface area (Å²) in [4.78, 5) is 35.2. The third kappa shape index (κ3) is 3.62. The summed E-state index contributed by atoms with van der Waals surface area (Å²) in [5.41, 5.74) is 0. The van der Waals surface area contributed by atoms with Crippen molar-refractivity contribution in [2.24, 2.45) is 5.92 Å². The molecule has 1 aliphatic rings. The number of quaternary nitrogens is 1. The first-order chi connectivity index (χ1) is 10.1. The molecule has 1 aliphatic heterocycles. The third-order valence-corrected chi connectivity index (χ3v) is 5.12. The van der Waals surface area contributed by atoms with E-state index in [0.29, 0.717) is 24.6 Å². The number of nitrogens with zero attached hydrogens (tertiary/aromatic N) is 1. The van der Waals surface area contributed by atoms with Crippen LogP contribution in [0.4, 0.5) is 18.0 Å². The standard InChI is InChI=1S/C13H18F3NO4S/c1-3-10(18)22-7-9(13(14,15)16)11(19)17(12(20)21)6-4-5-8(17)2/h8-9H,3-7H2,1-2H3/p+1/t8-,9?,17?/m1/s1. The number of amides is 2. The highest BCUT2D eigenvalue weighted by Gasteiger charge is 2.60. The fourth-order valence-corrected chi connectivity index (χ4v) is 3.53. The molecule has 1 rings (SSSR count). The second-order valence-electron chi connectivity index (χ2n) is 5.34. The Morgan fingerprint density at radius 1 is 1.36 bits per heavy atom. The zero-order chi connectivity index (χ0) is 17.1. The van der Waals surface area contributed by atoms with Gasteiger partial charge in [0.25, 0.3) is 0 Å². The van der Waals surface area contributed by atoms with E-state index in [0.717, 1.165) is 0 Å². The molecular formula is C13H19F3NO4S+. The Hall–Kier alpha value is -1.09. The van der Waals surface area contributed by atoms with Gasteiger partial charge in [-0.2, -0.15) is 22.4 Å². The summed E-state index contributed by atoms with van der Waals surface area (Å²) in [6.07, 6.45) is -5.62. The number of rotatable bonds is 4. The molecule has 0 aromatic carbocycles. The molecule has 0 bridgehead atoms. The molecule has 0 saturated carbocycles. The first-order valence-corrected chi connectivity index (χ1v) is 7.93. The van der Waals surface area contributed by atoms with Crippen LogP contribution in [-0.2, 0) is 9.59 Å². The molecule has 0 spiro atoms. The second kappa shape index (κ2) is 6.99. The van der Waals surface area contributed by atoms with E-state index in [-0.39, 0.29) is 13.0 Å². The molecule has 0 aliphatic carbocycles. The molecule has 1 saturated heterocycles. The van der Waals surface area contributed by atoms with Crippen molar-refractivity contribution >= 4 is 28.9 Å². The van der Waals surface area contributed by atoms with Crippen molar-refractivity contribution in [3.05, 3.63) is 0 Å². The molecule has 22 heavy (non-hydrogen) atoms. The molecular weight excluding hydrogens is 323 g/mol. The van der Waals surface area contributed by atoms with Crippen molar-refractivity contribution < 1.29 is 37.1 Å². The molecule has 5 nitrogen and oxygen atoms in total. The predicted molar refractivity (Wildman–Crippen MR) is 74.2 cm³/mol. The van der Waals surface area contributed by atoms with Crippen molar-refractivity contribution in [3.8, 4) is 0 Å². The average Bonchev–Trinajstić information content (AvgIpc) is 2.79. The van der Waals surface area contributed by atoms with Gasteiger partial charge in [-0.1, -0.05) is 18.7 Å². The zero-order valence-corrected chi connectivity index (χ0v) is 13.2. The minimum Gasteiger partial charge on any atom is -0.435 e. The number of hydrogen-bond donors (Lipinski definition) is 1. The van der Waals surface area contributed by atoms with Crippen molar-refractivity contribution in [2.75, 3.05) is 12.3 Å². The number of carbonyl (C=O) groups excluding carboxylic acids is 2. The van der Waals surface area contributed by atoms with Crippen LogP contribution >= 0.6 is 11.8 Å². The van der Waals surface area contributed by atoms with E-state index in [1.165, 1.54) is 13.8 Å². The molecule has 1 fully saturated rings. The third-order valence-electron chi connectivity index (χ3n) is 4.01. The molecule has 9 heteroatoms. The molecule has 1 heterocycles. The van der Waals surface area contributed by atoms with E-state index in [1.807, 2.05) is 0 Å². The quantitative estimate of drug-likeness (QED) is 0.795. The van der Waals surface area contributed by atoms with Crippen LogP contribution in [0, 0.1) is 5.92 Å². The van der Waals surface area contributed by atoms with Crippen LogP contribution in [0.2, 0.25) is 0 Å². The lowest BCUT2D eigenvalue weighted by Gasteiger charge is -2.33. The number of carbonyl (C=O) groups is 3. The predicted octanol–water partition coefficient (Wildman–Crippen LogP) is 3.04. The number of hydrogen-bond acceptors (Lipinski definition) is 4. The second-order valence-corrected chi connectivity index (χ2v) is 6.41. The van der Waals surface area contributed by atoms with Crippen LogP contribution in [0.25, 0.3) is 0 Å². The Labute approximate surface area is 130 Å². The largest absolute Gasteiger partial charge is 0.521 e. The van der Waals surface area contributed by atoms with Crippen molar-refractivity contribution in [1.82, 2.24) is 0 Å². The van der Waals surface area contributed by atoms with Crippen LogP contribution in [-0.4, -0.2) is 51.2 Å². The lowest BCUT2D eigenvalue weighted by Crippen LogP contribution is -2.62. The highest BCUT2D eigenvalue weighted by molar-refractivity contribution is 8.13. The number of alkyl halides is 3. The van der Waals surface area contributed by atoms with Gasteiger partial charge in [0.1, 0.15) is 6.04 Å². The molecule has 1 N–H and O–H groups in total. The van der Waals surface area contributed by atoms with E-state index in [9.17, 15) is 32.7 Å². The van der Waals surface area contributed by atoms with Crippen LogP contribution in [0.3, 0.4) is 0 Å². The highest BCUT2D eigenvalue weighted by Crippen LogP contribution is 2.37. The van der Waals surface area contributed by atoms with E-state index in [4.69, 9.17) is 0 Å². The van der Waals surface area contributed by atoms with Gasteiger partial charge >= 0.3 is 18.2 Å². The summed E-state index contributed by atoms with van der Waals surface area (Å²) in [5.74, 6) is -4.60. The average molecular weight is 342 g/mol. The molecule has 2 unspecified atom stereocenters. The Morgan fingerprint density at radius 3 is 2.32 bits per heavy atom. The van der Waals surface area contributed by atoms with Gasteiger partial charge < -0.3 is 5.11 Å². The summed E-state index contributed by atoms with van der Waals surface area (Å²) in [6, 6.07) is -0.707. The molecule has 0 aromatic heterocycles. The first kappa shape index (κ1) is 19.0. The summed E-state index contributed by atoms with van der Waals surface area (Å²) in [6.45, 7) is 2.83. The van der Waals surface area contributed by atoms with Crippen LogP contribution in [0.5, 0.6) is 0 Å².